The highest BCUT2D eigenvalue weighted by molar-refractivity contribution is 5.52. The molecule has 0 bridgehead atoms. The first-order valence-corrected chi connectivity index (χ1v) is 7.62. The van der Waals surface area contributed by atoms with Gasteiger partial charge in [-0.1, -0.05) is 6.92 Å². The van der Waals surface area contributed by atoms with Gasteiger partial charge in [0.15, 0.2) is 0 Å². The van der Waals surface area contributed by atoms with Crippen molar-refractivity contribution in [3.05, 3.63) is 11.4 Å². The normalized spacial score (nSPS) is 19.6. The molecule has 1 aliphatic heterocycles. The van der Waals surface area contributed by atoms with E-state index in [1.54, 1.807) is 0 Å². The SMILES string of the molecule is CCCN1CCC(C(C)Nc2c(C)n[nH]c2C)CC1. The van der Waals surface area contributed by atoms with Crippen molar-refractivity contribution < 1.29 is 0 Å². The molecule has 4 nitrogen and oxygen atoms in total. The molecule has 0 spiro atoms. The number of aromatic amines is 1. The molecule has 0 amide bonds. The van der Waals surface area contributed by atoms with Crippen LogP contribution in [0, 0.1) is 19.8 Å². The van der Waals surface area contributed by atoms with Crippen LogP contribution in [-0.4, -0.2) is 40.8 Å². The van der Waals surface area contributed by atoms with Gasteiger partial charge < -0.3 is 10.2 Å². The van der Waals surface area contributed by atoms with Crippen molar-refractivity contribution in [2.45, 2.75) is 53.0 Å². The molecule has 1 aromatic rings. The lowest BCUT2D eigenvalue weighted by Crippen LogP contribution is -2.39. The number of hydrogen-bond acceptors (Lipinski definition) is 3. The molecule has 108 valence electrons. The quantitative estimate of drug-likeness (QED) is 0.859. The van der Waals surface area contributed by atoms with Crippen molar-refractivity contribution in [3.8, 4) is 0 Å². The molecule has 1 aliphatic rings. The van der Waals surface area contributed by atoms with Gasteiger partial charge in [-0.25, -0.2) is 0 Å². The summed E-state index contributed by atoms with van der Waals surface area (Å²) in [6.45, 7) is 12.5. The standard InChI is InChI=1S/C15H28N4/c1-5-8-19-9-6-14(7-10-19)11(2)16-15-12(3)17-18-13(15)4/h11,14,16H,5-10H2,1-4H3,(H,17,18). The number of piperidine rings is 1. The molecule has 0 radical (unpaired) electrons. The zero-order valence-corrected chi connectivity index (χ0v) is 12.8. The minimum atomic E-state index is 0.527. The van der Waals surface area contributed by atoms with Gasteiger partial charge in [-0.15, -0.1) is 0 Å². The summed E-state index contributed by atoms with van der Waals surface area (Å²) in [7, 11) is 0. The lowest BCUT2D eigenvalue weighted by molar-refractivity contribution is 0.176. The van der Waals surface area contributed by atoms with Crippen molar-refractivity contribution in [1.82, 2.24) is 15.1 Å². The molecule has 1 unspecified atom stereocenters. The number of H-pyrrole nitrogens is 1. The first-order chi connectivity index (χ1) is 9.11. The van der Waals surface area contributed by atoms with Crippen molar-refractivity contribution in [2.24, 2.45) is 5.92 Å². The maximum absolute atomic E-state index is 4.26. The Morgan fingerprint density at radius 2 is 2.05 bits per heavy atom. The van der Waals surface area contributed by atoms with E-state index < -0.39 is 0 Å². The van der Waals surface area contributed by atoms with Crippen LogP contribution in [0.15, 0.2) is 0 Å². The lowest BCUT2D eigenvalue weighted by Gasteiger charge is -2.35. The van der Waals surface area contributed by atoms with Crippen molar-refractivity contribution in [2.75, 3.05) is 25.0 Å². The highest BCUT2D eigenvalue weighted by Crippen LogP contribution is 2.25. The van der Waals surface area contributed by atoms with Crippen molar-refractivity contribution in [3.63, 3.8) is 0 Å². The molecular weight excluding hydrogens is 236 g/mol. The molecule has 4 heteroatoms. The molecule has 2 heterocycles. The maximum Gasteiger partial charge on any atom is 0.0825 e. The van der Waals surface area contributed by atoms with E-state index in [2.05, 4.69) is 48.1 Å². The zero-order chi connectivity index (χ0) is 13.8. The number of hydrogen-bond donors (Lipinski definition) is 2. The Hall–Kier alpha value is -1.03. The minimum Gasteiger partial charge on any atom is -0.379 e. The van der Waals surface area contributed by atoms with E-state index in [-0.39, 0.29) is 0 Å². The van der Waals surface area contributed by atoms with Gasteiger partial charge in [0.2, 0.25) is 0 Å². The third-order valence-electron chi connectivity index (χ3n) is 4.38. The highest BCUT2D eigenvalue weighted by Gasteiger charge is 2.24. The molecule has 2 N–H and O–H groups in total. The smallest absolute Gasteiger partial charge is 0.0825 e. The average Bonchev–Trinajstić information content (AvgIpc) is 2.72. The van der Waals surface area contributed by atoms with Crippen LogP contribution in [0.25, 0.3) is 0 Å². The Morgan fingerprint density at radius 3 is 2.58 bits per heavy atom. The van der Waals surface area contributed by atoms with Crippen LogP contribution in [-0.2, 0) is 0 Å². The summed E-state index contributed by atoms with van der Waals surface area (Å²) in [5, 5.41) is 11.0. The Bertz CT molecular complexity index is 371. The predicted molar refractivity (Wildman–Crippen MR) is 80.6 cm³/mol. The van der Waals surface area contributed by atoms with Crippen LogP contribution in [0.4, 0.5) is 5.69 Å². The summed E-state index contributed by atoms with van der Waals surface area (Å²) in [5.41, 5.74) is 3.42. The lowest BCUT2D eigenvalue weighted by atomic mass is 9.90. The summed E-state index contributed by atoms with van der Waals surface area (Å²) in [6.07, 6.45) is 3.89. The van der Waals surface area contributed by atoms with E-state index in [4.69, 9.17) is 0 Å². The number of nitrogens with zero attached hydrogens (tertiary/aromatic N) is 2. The number of anilines is 1. The molecular formula is C15H28N4. The van der Waals surface area contributed by atoms with Gasteiger partial charge in [-0.05, 0) is 65.6 Å². The second-order valence-electron chi connectivity index (χ2n) is 5.92. The fourth-order valence-corrected chi connectivity index (χ4v) is 3.10. The molecule has 1 saturated heterocycles. The fraction of sp³-hybridized carbons (Fsp3) is 0.800. The third kappa shape index (κ3) is 3.50. The largest absolute Gasteiger partial charge is 0.379 e. The average molecular weight is 264 g/mol. The minimum absolute atomic E-state index is 0.527. The zero-order valence-electron chi connectivity index (χ0n) is 12.8. The first-order valence-electron chi connectivity index (χ1n) is 7.62. The third-order valence-corrected chi connectivity index (χ3v) is 4.38. The Labute approximate surface area is 117 Å². The Kier molecular flexibility index (Phi) is 4.86. The van der Waals surface area contributed by atoms with Gasteiger partial charge in [-0.2, -0.15) is 5.10 Å². The summed E-state index contributed by atoms with van der Waals surface area (Å²) in [4.78, 5) is 2.59. The summed E-state index contributed by atoms with van der Waals surface area (Å²) in [6, 6.07) is 0.527. The van der Waals surface area contributed by atoms with E-state index >= 15 is 0 Å². The van der Waals surface area contributed by atoms with Gasteiger partial charge >= 0.3 is 0 Å². The van der Waals surface area contributed by atoms with Crippen molar-refractivity contribution in [1.29, 1.82) is 0 Å². The van der Waals surface area contributed by atoms with Crippen LogP contribution in [0.3, 0.4) is 0 Å². The van der Waals surface area contributed by atoms with Gasteiger partial charge in [0.05, 0.1) is 17.1 Å². The molecule has 19 heavy (non-hydrogen) atoms. The number of rotatable bonds is 5. The summed E-state index contributed by atoms with van der Waals surface area (Å²) in [5.74, 6) is 0.779. The number of aromatic nitrogens is 2. The molecule has 0 aliphatic carbocycles. The van der Waals surface area contributed by atoms with Crippen LogP contribution in [0.1, 0.15) is 44.5 Å². The number of nitrogens with one attached hydrogen (secondary N) is 2. The number of aryl methyl sites for hydroxylation is 2. The van der Waals surface area contributed by atoms with E-state index in [9.17, 15) is 0 Å². The fourth-order valence-electron chi connectivity index (χ4n) is 3.10. The Balaban J connectivity index is 1.86. The van der Waals surface area contributed by atoms with E-state index in [1.165, 1.54) is 44.6 Å². The molecule has 2 rings (SSSR count). The molecule has 1 fully saturated rings. The maximum atomic E-state index is 4.26. The van der Waals surface area contributed by atoms with Gasteiger partial charge in [0, 0.05) is 6.04 Å². The van der Waals surface area contributed by atoms with E-state index in [1.807, 2.05) is 0 Å². The van der Waals surface area contributed by atoms with E-state index in [0.29, 0.717) is 6.04 Å². The van der Waals surface area contributed by atoms with E-state index in [0.717, 1.165) is 17.3 Å². The second-order valence-corrected chi connectivity index (χ2v) is 5.92. The summed E-state index contributed by atoms with van der Waals surface area (Å²) < 4.78 is 0. The van der Waals surface area contributed by atoms with Gasteiger partial charge in [0.1, 0.15) is 0 Å². The van der Waals surface area contributed by atoms with Gasteiger partial charge in [-0.3, -0.25) is 5.10 Å². The molecule has 0 aromatic carbocycles. The highest BCUT2D eigenvalue weighted by atomic mass is 15.2. The molecule has 1 aromatic heterocycles. The predicted octanol–water partition coefficient (Wildman–Crippen LogP) is 2.95. The molecule has 0 saturated carbocycles. The summed E-state index contributed by atoms with van der Waals surface area (Å²) >= 11 is 0. The Morgan fingerprint density at radius 1 is 1.37 bits per heavy atom. The van der Waals surface area contributed by atoms with Crippen LogP contribution in [0.2, 0.25) is 0 Å². The van der Waals surface area contributed by atoms with Crippen molar-refractivity contribution >= 4 is 5.69 Å². The second kappa shape index (κ2) is 6.42. The van der Waals surface area contributed by atoms with Crippen LogP contribution in [0.5, 0.6) is 0 Å². The van der Waals surface area contributed by atoms with Crippen LogP contribution < -0.4 is 5.32 Å². The molecule has 1 atom stereocenters. The first kappa shape index (κ1) is 14.4. The topological polar surface area (TPSA) is 44.0 Å². The van der Waals surface area contributed by atoms with Gasteiger partial charge in [0.25, 0.3) is 0 Å². The number of likely N-dealkylation sites (tertiary alicyclic amines) is 1. The monoisotopic (exact) mass is 264 g/mol. The van der Waals surface area contributed by atoms with Crippen LogP contribution >= 0.6 is 0 Å².